The van der Waals surface area contributed by atoms with E-state index in [0.717, 1.165) is 52.8 Å². The van der Waals surface area contributed by atoms with Gasteiger partial charge in [0, 0.05) is 60.2 Å². The predicted octanol–water partition coefficient (Wildman–Crippen LogP) is 11.7. The molecule has 243 valence electrons. The molecule has 3 heterocycles. The summed E-state index contributed by atoms with van der Waals surface area (Å²) in [5.74, 6) is 0.547. The molecule has 0 amide bonds. The van der Waals surface area contributed by atoms with Gasteiger partial charge in [-0.3, -0.25) is 9.78 Å². The first-order valence-corrected chi connectivity index (χ1v) is 17.0. The Balaban J connectivity index is 0.000000259. The molecule has 46 heavy (non-hydrogen) atoms. The van der Waals surface area contributed by atoms with Gasteiger partial charge in [-0.15, -0.1) is 29.1 Å². The summed E-state index contributed by atoms with van der Waals surface area (Å²) in [6, 6.07) is 22.8. The molecule has 2 aromatic heterocycles. The molecule has 0 aliphatic carbocycles. The third kappa shape index (κ3) is 7.20. The van der Waals surface area contributed by atoms with Crippen molar-refractivity contribution in [2.75, 3.05) is 0 Å². The van der Waals surface area contributed by atoms with Crippen LogP contribution in [0.2, 0.25) is 0 Å². The molecule has 0 atom stereocenters. The summed E-state index contributed by atoms with van der Waals surface area (Å²) in [6.07, 6.45) is 8.69. The van der Waals surface area contributed by atoms with Gasteiger partial charge >= 0.3 is 0 Å². The number of hydrogen-bond donors (Lipinski definition) is 1. The first kappa shape index (κ1) is 35.7. The van der Waals surface area contributed by atoms with Crippen molar-refractivity contribution in [3.8, 4) is 22.4 Å². The number of allylic oxidation sites excluding steroid dienone is 2. The van der Waals surface area contributed by atoms with Gasteiger partial charge in [0.1, 0.15) is 11.8 Å². The molecule has 1 aliphatic heterocycles. The number of aliphatic hydroxyl groups is 1. The fourth-order valence-electron chi connectivity index (χ4n) is 6.18. The second kappa shape index (κ2) is 15.1. The number of pyridine rings is 1. The zero-order valence-corrected chi connectivity index (χ0v) is 31.1. The van der Waals surface area contributed by atoms with Crippen molar-refractivity contribution in [1.82, 2.24) is 4.98 Å². The van der Waals surface area contributed by atoms with E-state index in [1.165, 1.54) is 38.4 Å². The molecular formula is C40H44IrNO3S-. The smallest absolute Gasteiger partial charge is 0.162 e. The summed E-state index contributed by atoms with van der Waals surface area (Å²) in [5, 5.41) is 13.3. The molecule has 1 aliphatic rings. The van der Waals surface area contributed by atoms with Crippen molar-refractivity contribution in [1.29, 1.82) is 0 Å². The molecule has 0 saturated heterocycles. The first-order valence-electron chi connectivity index (χ1n) is 16.2. The van der Waals surface area contributed by atoms with E-state index in [1.54, 1.807) is 11.8 Å². The van der Waals surface area contributed by atoms with Gasteiger partial charge < -0.3 is 9.52 Å². The molecule has 0 spiro atoms. The Morgan fingerprint density at radius 3 is 2.33 bits per heavy atom. The monoisotopic (exact) mass is 811 g/mol. The molecule has 4 nitrogen and oxygen atoms in total. The van der Waals surface area contributed by atoms with Crippen LogP contribution in [0.25, 0.3) is 44.1 Å². The summed E-state index contributed by atoms with van der Waals surface area (Å²) in [7, 11) is 0. The maximum Gasteiger partial charge on any atom is 0.162 e. The van der Waals surface area contributed by atoms with E-state index < -0.39 is 0 Å². The number of furan rings is 1. The molecule has 6 rings (SSSR count). The minimum Gasteiger partial charge on any atom is -0.512 e. The molecule has 3 aromatic carbocycles. The number of rotatable bonds is 8. The van der Waals surface area contributed by atoms with Crippen molar-refractivity contribution >= 4 is 39.3 Å². The minimum atomic E-state index is 0. The summed E-state index contributed by atoms with van der Waals surface area (Å²) >= 11 is 1.75. The second-order valence-electron chi connectivity index (χ2n) is 12.8. The third-order valence-electron chi connectivity index (χ3n) is 8.89. The van der Waals surface area contributed by atoms with Crippen molar-refractivity contribution in [3.05, 3.63) is 90.5 Å². The minimum absolute atomic E-state index is 0. The summed E-state index contributed by atoms with van der Waals surface area (Å²) in [4.78, 5) is 18.9. The normalized spacial score (nSPS) is 12.6. The van der Waals surface area contributed by atoms with Crippen molar-refractivity contribution < 1.29 is 34.4 Å². The van der Waals surface area contributed by atoms with Gasteiger partial charge in [0.05, 0.1) is 10.7 Å². The SMILES string of the molecule is CC(C)(C)c1cc(-c2nccc3c2Sc2coc4cccc-3c24)[c-]c2ccccc12.CCC(CC)C(=O)/C=C(\O)C(CC)CC.[Ir]. The Bertz CT molecular complexity index is 1860. The van der Waals surface area contributed by atoms with Crippen LogP contribution in [0.15, 0.2) is 93.1 Å². The number of aliphatic hydroxyl groups excluding tert-OH is 1. The number of hydrogen-bond acceptors (Lipinski definition) is 5. The molecule has 1 N–H and O–H groups in total. The van der Waals surface area contributed by atoms with E-state index in [4.69, 9.17) is 9.40 Å². The molecule has 1 radical (unpaired) electrons. The van der Waals surface area contributed by atoms with Gasteiger partial charge in [-0.25, -0.2) is 0 Å². The van der Waals surface area contributed by atoms with E-state index in [-0.39, 0.29) is 48.9 Å². The van der Waals surface area contributed by atoms with E-state index in [1.807, 2.05) is 46.2 Å². The molecule has 0 saturated carbocycles. The topological polar surface area (TPSA) is 63.3 Å². The van der Waals surface area contributed by atoms with Crippen LogP contribution in [0.1, 0.15) is 79.7 Å². The largest absolute Gasteiger partial charge is 0.512 e. The average Bonchev–Trinajstić information content (AvgIpc) is 3.45. The molecule has 5 aromatic rings. The molecule has 6 heteroatoms. The van der Waals surface area contributed by atoms with Crippen LogP contribution < -0.4 is 0 Å². The quantitative estimate of drug-likeness (QED) is 0.0942. The van der Waals surface area contributed by atoms with E-state index in [9.17, 15) is 9.90 Å². The molecule has 0 bridgehead atoms. The molecule has 0 unspecified atom stereocenters. The predicted molar refractivity (Wildman–Crippen MR) is 188 cm³/mol. The zero-order chi connectivity index (χ0) is 32.3. The Kier molecular flexibility index (Phi) is 11.7. The van der Waals surface area contributed by atoms with Gasteiger partial charge in [-0.1, -0.05) is 102 Å². The number of aromatic nitrogens is 1. The first-order chi connectivity index (χ1) is 21.6. The van der Waals surface area contributed by atoms with Crippen LogP contribution in [-0.4, -0.2) is 15.9 Å². The Morgan fingerprint density at radius 1 is 0.957 bits per heavy atom. The Labute approximate surface area is 291 Å². The number of nitrogens with zero attached hydrogens (tertiary/aromatic N) is 1. The number of fused-ring (bicyclic) bond motifs is 3. The van der Waals surface area contributed by atoms with E-state index in [2.05, 4.69) is 75.4 Å². The standard InChI is InChI=1S/C27H20NOS.C13H24O2.Ir/c1-27(2,3)21-14-17(13-16-7-4-5-8-18(16)21)25-26-20(11-12-28-25)19-9-6-10-22-24(19)23(30-26)15-29-22;1-5-10(6-2)12(14)9-13(15)11(7-3)8-4;/h4-12,14-15H,1-3H3;9-11,14H,5-8H2,1-4H3;/q-1;;/b;12-9-;. The van der Waals surface area contributed by atoms with E-state index >= 15 is 0 Å². The van der Waals surface area contributed by atoms with Crippen LogP contribution in [0.3, 0.4) is 0 Å². The molecule has 0 fully saturated rings. The van der Waals surface area contributed by atoms with Gasteiger partial charge in [0.2, 0.25) is 0 Å². The van der Waals surface area contributed by atoms with Crippen LogP contribution in [0.5, 0.6) is 0 Å². The van der Waals surface area contributed by atoms with Crippen molar-refractivity contribution in [2.24, 2.45) is 11.8 Å². The van der Waals surface area contributed by atoms with Gasteiger partial charge in [-0.05, 0) is 54.4 Å². The number of carbonyl (C=O) groups excluding carboxylic acids is 1. The summed E-state index contributed by atoms with van der Waals surface area (Å²) in [5.41, 5.74) is 6.73. The van der Waals surface area contributed by atoms with Gasteiger partial charge in [0.15, 0.2) is 5.78 Å². The van der Waals surface area contributed by atoms with Crippen molar-refractivity contribution in [2.45, 2.75) is 89.4 Å². The van der Waals surface area contributed by atoms with Crippen LogP contribution in [0.4, 0.5) is 0 Å². The zero-order valence-electron chi connectivity index (χ0n) is 27.9. The van der Waals surface area contributed by atoms with Crippen LogP contribution >= 0.6 is 11.8 Å². The van der Waals surface area contributed by atoms with Crippen LogP contribution in [0, 0.1) is 17.9 Å². The summed E-state index contributed by atoms with van der Waals surface area (Å²) in [6.45, 7) is 14.9. The Morgan fingerprint density at radius 2 is 1.65 bits per heavy atom. The third-order valence-corrected chi connectivity index (χ3v) is 10.0. The van der Waals surface area contributed by atoms with Crippen LogP contribution in [-0.2, 0) is 30.3 Å². The average molecular weight is 811 g/mol. The summed E-state index contributed by atoms with van der Waals surface area (Å²) < 4.78 is 5.81. The molecular weight excluding hydrogens is 767 g/mol. The second-order valence-corrected chi connectivity index (χ2v) is 13.9. The number of benzene rings is 3. The number of carbonyl (C=O) groups is 1. The maximum atomic E-state index is 11.7. The fourth-order valence-corrected chi connectivity index (χ4v) is 7.36. The maximum absolute atomic E-state index is 11.7. The van der Waals surface area contributed by atoms with Gasteiger partial charge in [0.25, 0.3) is 0 Å². The fraction of sp³-hybridized carbons (Fsp3) is 0.350. The van der Waals surface area contributed by atoms with Gasteiger partial charge in [-0.2, -0.15) is 0 Å². The number of ketones is 1. The Hall–Kier alpha value is -3.18. The van der Waals surface area contributed by atoms with Crippen molar-refractivity contribution in [3.63, 3.8) is 0 Å². The van der Waals surface area contributed by atoms with E-state index in [0.29, 0.717) is 0 Å².